The molecule has 0 heterocycles. The van der Waals surface area contributed by atoms with Gasteiger partial charge in [-0.15, -0.1) is 38.6 Å². The zero-order valence-corrected chi connectivity index (χ0v) is 61.2. The molecule has 83 heavy (non-hydrogen) atoms. The number of halogens is 1. The van der Waals surface area contributed by atoms with Gasteiger partial charge in [0.2, 0.25) is 0 Å². The average molecular weight is 1230 g/mol. The van der Waals surface area contributed by atoms with Gasteiger partial charge in [0.25, 0.3) is 0 Å². The maximum atomic E-state index is 8.29. The Labute approximate surface area is 550 Å². The second kappa shape index (κ2) is 96.5. The molecule has 0 saturated heterocycles. The second-order valence-electron chi connectivity index (χ2n) is 26.3. The molecular weight excluding hydrogens is 1060 g/mol. The number of hydrogen-bond acceptors (Lipinski definition) is 1. The number of aliphatic hydroxyl groups is 1. The van der Waals surface area contributed by atoms with E-state index in [1.807, 2.05) is 0 Å². The van der Waals surface area contributed by atoms with E-state index in [4.69, 9.17) is 15.7 Å². The first kappa shape index (κ1) is 92.6. The normalized spacial score (nSPS) is 11.1. The van der Waals surface area contributed by atoms with E-state index in [1.165, 1.54) is 430 Å². The van der Waals surface area contributed by atoms with E-state index in [1.54, 1.807) is 0 Å². The van der Waals surface area contributed by atoms with Gasteiger partial charge in [-0.3, -0.25) is 0 Å². The first-order valence-electron chi connectivity index (χ1n) is 39.1. The van der Waals surface area contributed by atoms with Crippen molar-refractivity contribution in [3.8, 4) is 0 Å². The molecular formula is C78H163ClN2OTi. The molecule has 0 saturated carbocycles. The van der Waals surface area contributed by atoms with Crippen LogP contribution in [0, 0.1) is 0 Å². The van der Waals surface area contributed by atoms with Crippen molar-refractivity contribution >= 4 is 12.4 Å². The van der Waals surface area contributed by atoms with Crippen LogP contribution in [0.2, 0.25) is 0 Å². The van der Waals surface area contributed by atoms with Crippen LogP contribution in [-0.2, 0) is 21.7 Å². The van der Waals surface area contributed by atoms with E-state index in [0.717, 1.165) is 32.6 Å². The third kappa shape index (κ3) is 102. The summed E-state index contributed by atoms with van der Waals surface area (Å²) in [5.74, 6) is 0. The maximum absolute atomic E-state index is 8.29. The van der Waals surface area contributed by atoms with Crippen LogP contribution in [0.15, 0.2) is 0 Å². The van der Waals surface area contributed by atoms with E-state index < -0.39 is 0 Å². The molecule has 0 aromatic heterocycles. The van der Waals surface area contributed by atoms with Crippen molar-refractivity contribution in [3.05, 3.63) is 10.6 Å². The Balaban J connectivity index is -0.000000427. The van der Waals surface area contributed by atoms with Crippen molar-refractivity contribution in [1.29, 1.82) is 0 Å². The third-order valence-electron chi connectivity index (χ3n) is 17.7. The molecule has 0 aliphatic heterocycles. The fourth-order valence-electron chi connectivity index (χ4n) is 11.8. The van der Waals surface area contributed by atoms with Crippen LogP contribution in [0.5, 0.6) is 0 Å². The van der Waals surface area contributed by atoms with Crippen LogP contribution >= 0.6 is 12.4 Å². The molecule has 1 N–H and O–H groups in total. The zero-order valence-electron chi connectivity index (χ0n) is 58.9. The Morgan fingerprint density at radius 3 is 0.361 bits per heavy atom. The Morgan fingerprint density at radius 2 is 0.253 bits per heavy atom. The number of nitrogens with zero attached hydrogens (tertiary/aromatic N) is 2. The predicted octanol–water partition coefficient (Wildman–Crippen LogP) is 29.7. The largest absolute Gasteiger partial charge is 2.00 e. The van der Waals surface area contributed by atoms with Gasteiger partial charge in [-0.25, -0.2) is 0 Å². The topological polar surface area (TPSA) is 48.4 Å². The van der Waals surface area contributed by atoms with Crippen molar-refractivity contribution < 1.29 is 26.8 Å². The molecule has 0 aromatic rings. The monoisotopic (exact) mass is 1230 g/mol. The molecule has 0 unspecified atom stereocenters. The quantitative estimate of drug-likeness (QED) is 0.0479. The van der Waals surface area contributed by atoms with Crippen LogP contribution in [0.25, 0.3) is 10.6 Å². The summed E-state index contributed by atoms with van der Waals surface area (Å²) in [6.07, 6.45) is 97.4. The van der Waals surface area contributed by atoms with E-state index in [-0.39, 0.29) is 34.1 Å². The Kier molecular flexibility index (Phi) is 108. The van der Waals surface area contributed by atoms with Crippen LogP contribution in [0.3, 0.4) is 0 Å². The van der Waals surface area contributed by atoms with Crippen LogP contribution < -0.4 is 0 Å². The minimum Gasteiger partial charge on any atom is -0.662 e. The third-order valence-corrected chi connectivity index (χ3v) is 17.7. The molecule has 0 bridgehead atoms. The standard InChI is InChI=1S/2C36H74N.C6H14O.ClH.Ti/c2*1-3-5-7-9-11-13-15-17-19-21-23-25-27-29-31-33-35-37-36-34-32-30-28-26-24-22-20-18-16-14-12-10-8-6-4-2;1-2-3-4-5-6-7;;/h2*3-36H2,1-2H3;7H,2-6H2,1H3;1H;/q2*-1;;;+2. The molecule has 0 amide bonds. The zero-order chi connectivity index (χ0) is 59.0. The van der Waals surface area contributed by atoms with Crippen molar-refractivity contribution in [3.63, 3.8) is 0 Å². The summed E-state index contributed by atoms with van der Waals surface area (Å²) >= 11 is 0. The fraction of sp³-hybridized carbons (Fsp3) is 1.00. The van der Waals surface area contributed by atoms with Gasteiger partial charge in [0, 0.05) is 6.61 Å². The first-order valence-corrected chi connectivity index (χ1v) is 39.1. The van der Waals surface area contributed by atoms with Crippen molar-refractivity contribution in [2.75, 3.05) is 32.8 Å². The van der Waals surface area contributed by atoms with Gasteiger partial charge in [0.15, 0.2) is 0 Å². The van der Waals surface area contributed by atoms with Crippen LogP contribution in [0.4, 0.5) is 0 Å². The van der Waals surface area contributed by atoms with E-state index in [2.05, 4.69) is 34.6 Å². The molecule has 5 heteroatoms. The molecule has 3 nitrogen and oxygen atoms in total. The molecule has 502 valence electrons. The summed E-state index contributed by atoms with van der Waals surface area (Å²) in [6.45, 7) is 16.2. The molecule has 0 radical (unpaired) electrons. The van der Waals surface area contributed by atoms with Gasteiger partial charge in [-0.2, -0.15) is 0 Å². The summed E-state index contributed by atoms with van der Waals surface area (Å²) in [5, 5.41) is 17.8. The first-order chi connectivity index (χ1) is 40.2. The smallest absolute Gasteiger partial charge is 0.662 e. The van der Waals surface area contributed by atoms with Gasteiger partial charge >= 0.3 is 21.7 Å². The molecule has 0 rings (SSSR count). The summed E-state index contributed by atoms with van der Waals surface area (Å²) < 4.78 is 0. The molecule has 0 aliphatic rings. The van der Waals surface area contributed by atoms with Crippen molar-refractivity contribution in [1.82, 2.24) is 0 Å². The molecule has 0 atom stereocenters. The summed E-state index contributed by atoms with van der Waals surface area (Å²) in [5.41, 5.74) is 0. The molecule has 0 aromatic carbocycles. The van der Waals surface area contributed by atoms with Gasteiger partial charge < -0.3 is 15.7 Å². The number of aliphatic hydroxyl groups excluding tert-OH is 1. The number of unbranched alkanes of at least 4 members (excludes halogenated alkanes) is 63. The van der Waals surface area contributed by atoms with Crippen LogP contribution in [0.1, 0.15) is 471 Å². The van der Waals surface area contributed by atoms with Gasteiger partial charge in [0.1, 0.15) is 0 Å². The SMILES string of the molecule is CCCCCCCCCCCCCCCCCC[N-]CCCCCCCCCCCCCCCCCC.CCCCCCCCCCCCCCCCCC[N-]CCCCCCCCCCCCCCCCCC.CCCCCCO.Cl.[Ti+2]. The van der Waals surface area contributed by atoms with Crippen molar-refractivity contribution in [2.24, 2.45) is 0 Å². The minimum atomic E-state index is 0. The average Bonchev–Trinajstić information content (AvgIpc) is 3.48. The number of rotatable bonds is 72. The number of hydrogen-bond donors (Lipinski definition) is 1. The Bertz CT molecular complexity index is 829. The van der Waals surface area contributed by atoms with Crippen molar-refractivity contribution in [2.45, 2.75) is 471 Å². The predicted molar refractivity (Wildman–Crippen MR) is 383 cm³/mol. The second-order valence-corrected chi connectivity index (χ2v) is 26.3. The summed E-state index contributed by atoms with van der Waals surface area (Å²) in [6, 6.07) is 0. The molecule has 0 fully saturated rings. The van der Waals surface area contributed by atoms with Gasteiger partial charge in [0.05, 0.1) is 0 Å². The maximum Gasteiger partial charge on any atom is 2.00 e. The minimum absolute atomic E-state index is 0. The fourth-order valence-corrected chi connectivity index (χ4v) is 11.8. The van der Waals surface area contributed by atoms with E-state index in [9.17, 15) is 0 Å². The van der Waals surface area contributed by atoms with E-state index in [0.29, 0.717) is 6.61 Å². The van der Waals surface area contributed by atoms with E-state index >= 15 is 0 Å². The molecule has 0 spiro atoms. The van der Waals surface area contributed by atoms with Gasteiger partial charge in [-0.1, -0.05) is 465 Å². The molecule has 0 aliphatic carbocycles. The summed E-state index contributed by atoms with van der Waals surface area (Å²) in [7, 11) is 0. The summed E-state index contributed by atoms with van der Waals surface area (Å²) in [4.78, 5) is 0. The Hall–Kier alpha value is 0.884. The Morgan fingerprint density at radius 1 is 0.157 bits per heavy atom. The van der Waals surface area contributed by atoms with Crippen LogP contribution in [-0.4, -0.2) is 37.9 Å². The van der Waals surface area contributed by atoms with Gasteiger partial charge in [-0.05, 0) is 6.42 Å².